The highest BCUT2D eigenvalue weighted by atomic mass is 19.1. The average molecular weight is 186 g/mol. The third-order valence-electron chi connectivity index (χ3n) is 2.05. The lowest BCUT2D eigenvalue weighted by Crippen LogP contribution is -1.83. The second kappa shape index (κ2) is 3.58. The topological polar surface area (TPSA) is 12.9 Å². The lowest BCUT2D eigenvalue weighted by atomic mass is 10.1. The summed E-state index contributed by atoms with van der Waals surface area (Å²) in [5.74, 6) is -0.344. The number of rotatable bonds is 1. The van der Waals surface area contributed by atoms with Crippen LogP contribution >= 0.6 is 0 Å². The quantitative estimate of drug-likeness (QED) is 0.665. The number of para-hydroxylation sites is 1. The summed E-state index contributed by atoms with van der Waals surface area (Å²) in [6.07, 6.45) is 2.70. The fourth-order valence-electron chi connectivity index (χ4n) is 1.32. The highest BCUT2D eigenvalue weighted by Gasteiger charge is 2.00. The maximum absolute atomic E-state index is 13.2. The molecule has 0 aliphatic rings. The first kappa shape index (κ1) is 8.88. The Labute approximate surface area is 81.9 Å². The molecule has 1 nitrogen and oxygen atoms in total. The van der Waals surface area contributed by atoms with Gasteiger partial charge in [-0.15, -0.1) is 0 Å². The molecule has 0 spiro atoms. The number of nitrogens with zero attached hydrogens (tertiary/aromatic N) is 1. The van der Waals surface area contributed by atoms with Crippen molar-refractivity contribution in [1.29, 1.82) is 0 Å². The summed E-state index contributed by atoms with van der Waals surface area (Å²) in [7, 11) is 0. The summed E-state index contributed by atoms with van der Waals surface area (Å²) in [6.45, 7) is 3.38. The lowest BCUT2D eigenvalue weighted by Gasteiger charge is -1.99. The van der Waals surface area contributed by atoms with Crippen molar-refractivity contribution in [3.05, 3.63) is 55.1 Å². The average Bonchev–Trinajstić information content (AvgIpc) is 2.27. The molecule has 0 saturated carbocycles. The van der Waals surface area contributed by atoms with Gasteiger partial charge in [0.1, 0.15) is 5.83 Å². The zero-order chi connectivity index (χ0) is 9.97. The molecule has 2 heteroatoms. The first-order valence-electron chi connectivity index (χ1n) is 4.31. The predicted molar refractivity (Wildman–Crippen MR) is 56.2 cm³/mol. The van der Waals surface area contributed by atoms with E-state index in [-0.39, 0.29) is 5.83 Å². The van der Waals surface area contributed by atoms with Crippen LogP contribution in [0.5, 0.6) is 0 Å². The van der Waals surface area contributed by atoms with Crippen molar-refractivity contribution in [1.82, 2.24) is 4.98 Å². The number of fused-ring (bicyclic) bond motifs is 1. The van der Waals surface area contributed by atoms with Gasteiger partial charge >= 0.3 is 0 Å². The van der Waals surface area contributed by atoms with E-state index in [0.29, 0.717) is 5.56 Å². The van der Waals surface area contributed by atoms with Crippen molar-refractivity contribution in [3.8, 4) is 0 Å². The van der Waals surface area contributed by atoms with Gasteiger partial charge in [0.2, 0.25) is 0 Å². The van der Waals surface area contributed by atoms with Gasteiger partial charge in [-0.05, 0) is 25.1 Å². The van der Waals surface area contributed by atoms with Crippen LogP contribution in [0, 0.1) is 6.92 Å². The number of hydrogen-bond donors (Lipinski definition) is 0. The van der Waals surface area contributed by atoms with Crippen LogP contribution in [-0.4, -0.2) is 4.98 Å². The Morgan fingerprint density at radius 2 is 2.14 bits per heavy atom. The second-order valence-corrected chi connectivity index (χ2v) is 2.97. The molecule has 14 heavy (non-hydrogen) atoms. The molecule has 1 radical (unpaired) electrons. The van der Waals surface area contributed by atoms with Crippen molar-refractivity contribution in [3.63, 3.8) is 0 Å². The number of halogens is 1. The molecule has 0 atom stereocenters. The summed E-state index contributed by atoms with van der Waals surface area (Å²) >= 11 is 0. The molecule has 1 aromatic heterocycles. The zero-order valence-corrected chi connectivity index (χ0v) is 7.57. The Hall–Kier alpha value is -1.70. The Morgan fingerprint density at radius 3 is 2.93 bits per heavy atom. The van der Waals surface area contributed by atoms with E-state index >= 15 is 0 Å². The van der Waals surface area contributed by atoms with Gasteiger partial charge in [0, 0.05) is 17.1 Å². The minimum atomic E-state index is -0.344. The van der Waals surface area contributed by atoms with E-state index in [0.717, 1.165) is 10.9 Å². The monoisotopic (exact) mass is 186 g/mol. The normalized spacial score (nSPS) is 12.0. The van der Waals surface area contributed by atoms with Gasteiger partial charge in [-0.25, -0.2) is 4.39 Å². The number of pyridine rings is 1. The molecule has 0 fully saturated rings. The number of allylic oxidation sites excluding steroid dienone is 1. The largest absolute Gasteiger partial charge is 0.256 e. The Bertz CT molecular complexity index is 488. The van der Waals surface area contributed by atoms with Gasteiger partial charge in [-0.2, -0.15) is 0 Å². The summed E-state index contributed by atoms with van der Waals surface area (Å²) < 4.78 is 13.2. The maximum Gasteiger partial charge on any atom is 0.128 e. The molecule has 0 N–H and O–H groups in total. The van der Waals surface area contributed by atoms with Crippen molar-refractivity contribution in [2.24, 2.45) is 0 Å². The van der Waals surface area contributed by atoms with Crippen molar-refractivity contribution < 1.29 is 4.39 Å². The van der Waals surface area contributed by atoms with Gasteiger partial charge in [0.15, 0.2) is 0 Å². The van der Waals surface area contributed by atoms with Gasteiger partial charge in [-0.1, -0.05) is 18.2 Å². The zero-order valence-electron chi connectivity index (χ0n) is 7.57. The summed E-state index contributed by atoms with van der Waals surface area (Å²) in [4.78, 5) is 4.14. The highest BCUT2D eigenvalue weighted by molar-refractivity contribution is 5.81. The maximum atomic E-state index is 13.2. The highest BCUT2D eigenvalue weighted by Crippen LogP contribution is 2.19. The molecular formula is C12H9FN. The van der Waals surface area contributed by atoms with E-state index in [1.54, 1.807) is 6.07 Å². The number of aromatic nitrogens is 1. The number of benzene rings is 1. The van der Waals surface area contributed by atoms with Crippen LogP contribution in [-0.2, 0) is 0 Å². The molecule has 69 valence electrons. The molecule has 0 bridgehead atoms. The van der Waals surface area contributed by atoms with E-state index < -0.39 is 0 Å². The smallest absolute Gasteiger partial charge is 0.128 e. The first-order chi connectivity index (χ1) is 6.81. The molecule has 2 aromatic rings. The first-order valence-corrected chi connectivity index (χ1v) is 4.31. The van der Waals surface area contributed by atoms with Crippen LogP contribution in [0.15, 0.2) is 42.6 Å². The fraction of sp³-hybridized carbons (Fsp3) is 0. The lowest BCUT2D eigenvalue weighted by molar-refractivity contribution is 0.759. The fourth-order valence-corrected chi connectivity index (χ4v) is 1.32. The van der Waals surface area contributed by atoms with E-state index in [2.05, 4.69) is 11.9 Å². The van der Waals surface area contributed by atoms with E-state index in [1.165, 1.54) is 12.3 Å². The van der Waals surface area contributed by atoms with Crippen molar-refractivity contribution in [2.45, 2.75) is 0 Å². The SMILES string of the molecule is [CH2]/C=C(\F)c1cnc2ccccc2c1. The van der Waals surface area contributed by atoms with Crippen LogP contribution in [0.1, 0.15) is 5.56 Å². The molecule has 0 unspecified atom stereocenters. The molecule has 1 heterocycles. The van der Waals surface area contributed by atoms with E-state index in [4.69, 9.17) is 0 Å². The predicted octanol–water partition coefficient (Wildman–Crippen LogP) is 3.38. The Kier molecular flexibility index (Phi) is 2.27. The minimum Gasteiger partial charge on any atom is -0.256 e. The molecule has 0 saturated heterocycles. The van der Waals surface area contributed by atoms with Crippen molar-refractivity contribution >= 4 is 16.7 Å². The molecule has 0 aliphatic heterocycles. The molecule has 1 aromatic carbocycles. The van der Waals surface area contributed by atoms with Gasteiger partial charge < -0.3 is 0 Å². The minimum absolute atomic E-state index is 0.344. The van der Waals surface area contributed by atoms with Crippen LogP contribution in [0.25, 0.3) is 16.7 Å². The van der Waals surface area contributed by atoms with Crippen LogP contribution in [0.4, 0.5) is 4.39 Å². The molecule has 0 aliphatic carbocycles. The molecule has 0 amide bonds. The van der Waals surface area contributed by atoms with Crippen LogP contribution in [0.2, 0.25) is 0 Å². The summed E-state index contributed by atoms with van der Waals surface area (Å²) in [5, 5.41) is 0.932. The van der Waals surface area contributed by atoms with Crippen LogP contribution < -0.4 is 0 Å². The molecule has 2 rings (SSSR count). The second-order valence-electron chi connectivity index (χ2n) is 2.97. The Morgan fingerprint density at radius 1 is 1.36 bits per heavy atom. The summed E-state index contributed by atoms with van der Waals surface area (Å²) in [5.41, 5.74) is 1.34. The third-order valence-corrected chi connectivity index (χ3v) is 2.05. The molecular weight excluding hydrogens is 177 g/mol. The standard InChI is InChI=1S/C12H9FN/c1-2-11(13)10-7-9-5-3-4-6-12(9)14-8-10/h2-8H,1H2/b11-2-. The number of hydrogen-bond acceptors (Lipinski definition) is 1. The van der Waals surface area contributed by atoms with Gasteiger partial charge in [-0.3, -0.25) is 4.98 Å². The van der Waals surface area contributed by atoms with Gasteiger partial charge in [0.25, 0.3) is 0 Å². The van der Waals surface area contributed by atoms with Crippen LogP contribution in [0.3, 0.4) is 0 Å². The summed E-state index contributed by atoms with van der Waals surface area (Å²) in [6, 6.07) is 9.37. The van der Waals surface area contributed by atoms with E-state index in [9.17, 15) is 4.39 Å². The van der Waals surface area contributed by atoms with Gasteiger partial charge in [0.05, 0.1) is 5.52 Å². The van der Waals surface area contributed by atoms with Crippen molar-refractivity contribution in [2.75, 3.05) is 0 Å². The third kappa shape index (κ3) is 1.51. The van der Waals surface area contributed by atoms with E-state index in [1.807, 2.05) is 24.3 Å². The Balaban J connectivity index is 2.62.